The molecule has 4 nitrogen and oxygen atoms in total. The summed E-state index contributed by atoms with van der Waals surface area (Å²) in [6, 6.07) is 7.23. The molecule has 2 aromatic rings. The second-order valence-electron chi connectivity index (χ2n) is 4.68. The van der Waals surface area contributed by atoms with Gasteiger partial charge in [0.25, 0.3) is 0 Å². The van der Waals surface area contributed by atoms with Crippen molar-refractivity contribution in [2.45, 2.75) is 26.2 Å². The predicted octanol–water partition coefficient (Wildman–Crippen LogP) is 5.13. The largest absolute Gasteiger partial charge is 0.370 e. The molecule has 0 spiro atoms. The lowest BCUT2D eigenvalue weighted by atomic mass is 10.2. The maximum Gasteiger partial charge on any atom is 0.135 e. The van der Waals surface area contributed by atoms with Crippen LogP contribution in [-0.2, 0) is 0 Å². The maximum absolute atomic E-state index is 5.99. The van der Waals surface area contributed by atoms with Gasteiger partial charge in [-0.15, -0.1) is 0 Å². The summed E-state index contributed by atoms with van der Waals surface area (Å²) in [4.78, 5) is 8.39. The highest BCUT2D eigenvalue weighted by molar-refractivity contribution is 6.42. The maximum atomic E-state index is 5.99. The van der Waals surface area contributed by atoms with E-state index in [1.165, 1.54) is 19.2 Å². The molecule has 112 valence electrons. The quantitative estimate of drug-likeness (QED) is 0.693. The van der Waals surface area contributed by atoms with Gasteiger partial charge in [-0.3, -0.25) is 0 Å². The molecule has 2 rings (SSSR count). The molecular weight excluding hydrogens is 307 g/mol. The number of hydrogen-bond acceptors (Lipinski definition) is 4. The highest BCUT2D eigenvalue weighted by Gasteiger charge is 2.02. The zero-order valence-electron chi connectivity index (χ0n) is 11.9. The topological polar surface area (TPSA) is 49.8 Å². The van der Waals surface area contributed by atoms with Crippen LogP contribution in [0, 0.1) is 0 Å². The molecule has 0 bridgehead atoms. The Labute approximate surface area is 134 Å². The van der Waals surface area contributed by atoms with Gasteiger partial charge in [-0.25, -0.2) is 9.97 Å². The van der Waals surface area contributed by atoms with E-state index in [2.05, 4.69) is 27.5 Å². The number of nitrogens with zero attached hydrogens (tertiary/aromatic N) is 2. The molecule has 0 unspecified atom stereocenters. The molecule has 0 aliphatic heterocycles. The van der Waals surface area contributed by atoms with Crippen LogP contribution in [0.25, 0.3) is 0 Å². The van der Waals surface area contributed by atoms with E-state index in [1.807, 2.05) is 12.1 Å². The first-order valence-corrected chi connectivity index (χ1v) is 7.72. The number of halogens is 2. The fraction of sp³-hybridized carbons (Fsp3) is 0.333. The van der Waals surface area contributed by atoms with Crippen LogP contribution in [-0.4, -0.2) is 16.5 Å². The average Bonchev–Trinajstić information content (AvgIpc) is 2.48. The van der Waals surface area contributed by atoms with Gasteiger partial charge in [-0.05, 0) is 24.6 Å². The van der Waals surface area contributed by atoms with Crippen molar-refractivity contribution in [3.8, 4) is 0 Å². The predicted molar refractivity (Wildman–Crippen MR) is 89.8 cm³/mol. The van der Waals surface area contributed by atoms with Crippen molar-refractivity contribution >= 4 is 40.5 Å². The van der Waals surface area contributed by atoms with Crippen molar-refractivity contribution in [2.24, 2.45) is 0 Å². The van der Waals surface area contributed by atoms with Crippen LogP contribution in [0.5, 0.6) is 0 Å². The molecule has 0 radical (unpaired) electrons. The molecule has 21 heavy (non-hydrogen) atoms. The normalized spacial score (nSPS) is 10.4. The molecule has 6 heteroatoms. The van der Waals surface area contributed by atoms with Crippen LogP contribution in [0.15, 0.2) is 30.6 Å². The molecule has 1 aromatic heterocycles. The lowest BCUT2D eigenvalue weighted by molar-refractivity contribution is 0.742. The average molecular weight is 325 g/mol. The lowest BCUT2D eigenvalue weighted by Crippen LogP contribution is -2.04. The minimum absolute atomic E-state index is 0.508. The van der Waals surface area contributed by atoms with E-state index in [0.717, 1.165) is 24.5 Å². The van der Waals surface area contributed by atoms with Gasteiger partial charge in [-0.1, -0.05) is 43.0 Å². The van der Waals surface area contributed by atoms with Gasteiger partial charge in [-0.2, -0.15) is 0 Å². The Morgan fingerprint density at radius 1 is 1.00 bits per heavy atom. The van der Waals surface area contributed by atoms with Crippen molar-refractivity contribution in [3.05, 3.63) is 40.6 Å². The van der Waals surface area contributed by atoms with Crippen molar-refractivity contribution in [1.29, 1.82) is 0 Å². The minimum atomic E-state index is 0.508. The summed E-state index contributed by atoms with van der Waals surface area (Å²) in [6.45, 7) is 3.10. The third-order valence-corrected chi connectivity index (χ3v) is 3.68. The summed E-state index contributed by atoms with van der Waals surface area (Å²) in [5.41, 5.74) is 0.833. The van der Waals surface area contributed by atoms with Crippen molar-refractivity contribution < 1.29 is 0 Å². The summed E-state index contributed by atoms with van der Waals surface area (Å²) in [5.74, 6) is 1.52. The SMILES string of the molecule is CCCCCNc1cc(Nc2ccc(Cl)c(Cl)c2)ncn1. The van der Waals surface area contributed by atoms with E-state index in [1.54, 1.807) is 12.1 Å². The van der Waals surface area contributed by atoms with E-state index in [9.17, 15) is 0 Å². The van der Waals surface area contributed by atoms with Gasteiger partial charge < -0.3 is 10.6 Å². The second-order valence-corrected chi connectivity index (χ2v) is 5.49. The Hall–Kier alpha value is -1.52. The number of rotatable bonds is 7. The van der Waals surface area contributed by atoms with E-state index in [0.29, 0.717) is 15.9 Å². The number of benzene rings is 1. The molecule has 0 saturated heterocycles. The molecule has 0 saturated carbocycles. The number of aromatic nitrogens is 2. The van der Waals surface area contributed by atoms with Crippen molar-refractivity contribution in [1.82, 2.24) is 9.97 Å². The first-order chi connectivity index (χ1) is 10.2. The third kappa shape index (κ3) is 5.06. The monoisotopic (exact) mass is 324 g/mol. The minimum Gasteiger partial charge on any atom is -0.370 e. The molecule has 1 heterocycles. The number of unbranched alkanes of at least 4 members (excludes halogenated alkanes) is 2. The number of nitrogens with one attached hydrogen (secondary N) is 2. The fourth-order valence-corrected chi connectivity index (χ4v) is 2.13. The van der Waals surface area contributed by atoms with Crippen LogP contribution >= 0.6 is 23.2 Å². The summed E-state index contributed by atoms with van der Waals surface area (Å²) in [5, 5.41) is 7.51. The molecule has 0 amide bonds. The summed E-state index contributed by atoms with van der Waals surface area (Å²) in [6.07, 6.45) is 5.08. The smallest absolute Gasteiger partial charge is 0.135 e. The van der Waals surface area contributed by atoms with E-state index in [4.69, 9.17) is 23.2 Å². The van der Waals surface area contributed by atoms with Gasteiger partial charge in [0.05, 0.1) is 10.0 Å². The van der Waals surface area contributed by atoms with Crippen LogP contribution < -0.4 is 10.6 Å². The van der Waals surface area contributed by atoms with Crippen LogP contribution in [0.2, 0.25) is 10.0 Å². The summed E-state index contributed by atoms with van der Waals surface area (Å²) in [7, 11) is 0. The highest BCUT2D eigenvalue weighted by atomic mass is 35.5. The molecule has 0 atom stereocenters. The van der Waals surface area contributed by atoms with E-state index >= 15 is 0 Å². The molecular formula is C15H18Cl2N4. The fourth-order valence-electron chi connectivity index (χ4n) is 1.84. The Morgan fingerprint density at radius 2 is 1.81 bits per heavy atom. The second kappa shape index (κ2) is 8.05. The highest BCUT2D eigenvalue weighted by Crippen LogP contribution is 2.26. The number of hydrogen-bond donors (Lipinski definition) is 2. The zero-order chi connectivity index (χ0) is 15.1. The first kappa shape index (κ1) is 15.9. The Balaban J connectivity index is 1.98. The summed E-state index contributed by atoms with van der Waals surface area (Å²) < 4.78 is 0. The third-order valence-electron chi connectivity index (χ3n) is 2.95. The van der Waals surface area contributed by atoms with Gasteiger partial charge in [0.15, 0.2) is 0 Å². The molecule has 0 aliphatic carbocycles. The molecule has 0 fully saturated rings. The van der Waals surface area contributed by atoms with Crippen molar-refractivity contribution in [3.63, 3.8) is 0 Å². The zero-order valence-corrected chi connectivity index (χ0v) is 13.4. The van der Waals surface area contributed by atoms with E-state index in [-0.39, 0.29) is 0 Å². The van der Waals surface area contributed by atoms with Crippen LogP contribution in [0.1, 0.15) is 26.2 Å². The Morgan fingerprint density at radius 3 is 2.57 bits per heavy atom. The Bertz CT molecular complexity index is 590. The van der Waals surface area contributed by atoms with Gasteiger partial charge in [0.2, 0.25) is 0 Å². The van der Waals surface area contributed by atoms with E-state index < -0.39 is 0 Å². The number of anilines is 3. The molecule has 2 N–H and O–H groups in total. The van der Waals surface area contributed by atoms with Crippen LogP contribution in [0.4, 0.5) is 17.3 Å². The molecule has 1 aromatic carbocycles. The van der Waals surface area contributed by atoms with Crippen LogP contribution in [0.3, 0.4) is 0 Å². The van der Waals surface area contributed by atoms with Gasteiger partial charge in [0.1, 0.15) is 18.0 Å². The summed E-state index contributed by atoms with van der Waals surface area (Å²) >= 11 is 11.9. The molecule has 0 aliphatic rings. The van der Waals surface area contributed by atoms with Gasteiger partial charge in [0, 0.05) is 18.3 Å². The van der Waals surface area contributed by atoms with Gasteiger partial charge >= 0.3 is 0 Å². The standard InChI is InChI=1S/C15H18Cl2N4/c1-2-3-4-7-18-14-9-15(20-10-19-14)21-11-5-6-12(16)13(17)8-11/h5-6,8-10H,2-4,7H2,1H3,(H2,18,19,20,21). The Kier molecular flexibility index (Phi) is 6.08. The van der Waals surface area contributed by atoms with Crippen molar-refractivity contribution in [2.75, 3.05) is 17.2 Å². The first-order valence-electron chi connectivity index (χ1n) is 6.97. The lowest BCUT2D eigenvalue weighted by Gasteiger charge is -2.09.